The minimum Gasteiger partial charge on any atom is -0.465 e. The molecule has 5 nitrogen and oxygen atoms in total. The van der Waals surface area contributed by atoms with Crippen LogP contribution in [0.5, 0.6) is 0 Å². The average Bonchev–Trinajstić information content (AvgIpc) is 2.42. The summed E-state index contributed by atoms with van der Waals surface area (Å²) in [5.74, 6) is 0. The van der Waals surface area contributed by atoms with E-state index in [9.17, 15) is 4.79 Å². The highest BCUT2D eigenvalue weighted by Crippen LogP contribution is 2.04. The van der Waals surface area contributed by atoms with Crippen molar-refractivity contribution in [2.75, 3.05) is 18.4 Å². The number of amides is 1. The molecule has 6 heteroatoms. The molecular weight excluding hydrogens is 274 g/mol. The number of benzene rings is 1. The number of anilines is 1. The van der Waals surface area contributed by atoms with Crippen molar-refractivity contribution in [3.63, 3.8) is 0 Å². The van der Waals surface area contributed by atoms with Gasteiger partial charge in [-0.15, -0.1) is 0 Å². The lowest BCUT2D eigenvalue weighted by molar-refractivity contribution is 0.194. The largest absolute Gasteiger partial charge is 0.465 e. The molecule has 0 heterocycles. The third-order valence-electron chi connectivity index (χ3n) is 2.70. The molecule has 0 aliphatic heterocycles. The Bertz CT molecular complexity index is 412. The number of carboxylic acid groups (broad SMARTS) is 1. The Kier molecular flexibility index (Phi) is 8.14. The Balaban J connectivity index is 1.96. The summed E-state index contributed by atoms with van der Waals surface area (Å²) in [5, 5.41) is 17.6. The van der Waals surface area contributed by atoms with Crippen LogP contribution in [0, 0.1) is 0 Å². The van der Waals surface area contributed by atoms with Gasteiger partial charge in [0.1, 0.15) is 0 Å². The second-order valence-electron chi connectivity index (χ2n) is 4.39. The maximum Gasteiger partial charge on any atom is 0.404 e. The normalized spacial score (nSPS) is 9.80. The third kappa shape index (κ3) is 8.31. The maximum absolute atomic E-state index is 10.2. The molecule has 0 saturated heterocycles. The van der Waals surface area contributed by atoms with E-state index in [1.54, 1.807) is 0 Å². The average molecular weight is 295 g/mol. The zero-order valence-corrected chi connectivity index (χ0v) is 12.2. The lowest BCUT2D eigenvalue weighted by Crippen LogP contribution is -2.29. The van der Waals surface area contributed by atoms with E-state index in [4.69, 9.17) is 17.3 Å². The van der Waals surface area contributed by atoms with Crippen molar-refractivity contribution in [3.8, 4) is 0 Å². The summed E-state index contributed by atoms with van der Waals surface area (Å²) < 4.78 is 0. The highest BCUT2D eigenvalue weighted by Gasteiger charge is 1.97. The van der Waals surface area contributed by atoms with Gasteiger partial charge < -0.3 is 21.1 Å². The molecule has 1 rings (SSSR count). The van der Waals surface area contributed by atoms with Crippen LogP contribution in [0.3, 0.4) is 0 Å². The lowest BCUT2D eigenvalue weighted by atomic mass is 10.2. The van der Waals surface area contributed by atoms with E-state index >= 15 is 0 Å². The predicted octanol–water partition coefficient (Wildman–Crippen LogP) is 2.80. The van der Waals surface area contributed by atoms with Crippen LogP contribution in [0.4, 0.5) is 10.5 Å². The molecule has 0 aromatic heterocycles. The summed E-state index contributed by atoms with van der Waals surface area (Å²) in [7, 11) is 0. The molecule has 0 atom stereocenters. The number of thiocarbonyl (C=S) groups is 1. The molecular formula is C14H21N3O2S. The van der Waals surface area contributed by atoms with Crippen LogP contribution in [0.15, 0.2) is 30.3 Å². The molecule has 0 saturated carbocycles. The van der Waals surface area contributed by atoms with Crippen molar-refractivity contribution in [1.29, 1.82) is 0 Å². The first-order chi connectivity index (χ1) is 9.68. The minimum absolute atomic E-state index is 0.525. The van der Waals surface area contributed by atoms with Gasteiger partial charge in [0.25, 0.3) is 0 Å². The Morgan fingerprint density at radius 2 is 1.60 bits per heavy atom. The maximum atomic E-state index is 10.2. The molecule has 4 N–H and O–H groups in total. The van der Waals surface area contributed by atoms with Crippen LogP contribution >= 0.6 is 12.2 Å². The van der Waals surface area contributed by atoms with Gasteiger partial charge in [-0.25, -0.2) is 4.79 Å². The van der Waals surface area contributed by atoms with E-state index in [-0.39, 0.29) is 0 Å². The van der Waals surface area contributed by atoms with Crippen LogP contribution in [0.25, 0.3) is 0 Å². The van der Waals surface area contributed by atoms with Crippen molar-refractivity contribution in [3.05, 3.63) is 30.3 Å². The summed E-state index contributed by atoms with van der Waals surface area (Å²) in [6, 6.07) is 9.79. The first-order valence-corrected chi connectivity index (χ1v) is 7.16. The standard InChI is InChI=1S/C14H21N3O2S/c18-14(19)16-11-7-2-1-6-10-15-13(20)17-12-8-4-3-5-9-12/h3-5,8-9,16H,1-2,6-7,10-11H2,(H,18,19)(H2,15,17,20). The number of unbranched alkanes of at least 4 members (excludes halogenated alkanes) is 3. The van der Waals surface area contributed by atoms with Crippen LogP contribution in [-0.4, -0.2) is 29.4 Å². The van der Waals surface area contributed by atoms with Crippen LogP contribution in [0.1, 0.15) is 25.7 Å². The number of hydrogen-bond acceptors (Lipinski definition) is 2. The van der Waals surface area contributed by atoms with Crippen molar-refractivity contribution < 1.29 is 9.90 Å². The summed E-state index contributed by atoms with van der Waals surface area (Å²) in [4.78, 5) is 10.2. The highest BCUT2D eigenvalue weighted by atomic mass is 32.1. The zero-order valence-electron chi connectivity index (χ0n) is 11.4. The molecule has 0 spiro atoms. The first-order valence-electron chi connectivity index (χ1n) is 6.75. The van der Waals surface area contributed by atoms with E-state index in [1.807, 2.05) is 30.3 Å². The van der Waals surface area contributed by atoms with E-state index in [0.29, 0.717) is 11.7 Å². The fourth-order valence-corrected chi connectivity index (χ4v) is 1.92. The SMILES string of the molecule is O=C(O)NCCCCCCNC(=S)Nc1ccccc1. The van der Waals surface area contributed by atoms with E-state index in [2.05, 4.69) is 16.0 Å². The van der Waals surface area contributed by atoms with Crippen molar-refractivity contribution >= 4 is 29.1 Å². The highest BCUT2D eigenvalue weighted by molar-refractivity contribution is 7.80. The Hall–Kier alpha value is -1.82. The van der Waals surface area contributed by atoms with Crippen molar-refractivity contribution in [2.45, 2.75) is 25.7 Å². The van der Waals surface area contributed by atoms with Gasteiger partial charge in [-0.05, 0) is 37.2 Å². The molecule has 0 fully saturated rings. The summed E-state index contributed by atoms with van der Waals surface area (Å²) in [5.41, 5.74) is 0.977. The monoisotopic (exact) mass is 295 g/mol. The Morgan fingerprint density at radius 1 is 1.00 bits per heavy atom. The number of rotatable bonds is 8. The molecule has 1 aromatic rings. The Morgan fingerprint density at radius 3 is 2.20 bits per heavy atom. The molecule has 0 radical (unpaired) electrons. The topological polar surface area (TPSA) is 73.4 Å². The Labute approximate surface area is 124 Å². The van der Waals surface area contributed by atoms with Gasteiger partial charge in [0.05, 0.1) is 0 Å². The second kappa shape index (κ2) is 10.0. The lowest BCUT2D eigenvalue weighted by Gasteiger charge is -2.10. The zero-order chi connectivity index (χ0) is 14.6. The fourth-order valence-electron chi connectivity index (χ4n) is 1.70. The van der Waals surface area contributed by atoms with Crippen LogP contribution < -0.4 is 16.0 Å². The van der Waals surface area contributed by atoms with Crippen molar-refractivity contribution in [2.24, 2.45) is 0 Å². The second-order valence-corrected chi connectivity index (χ2v) is 4.80. The van der Waals surface area contributed by atoms with Gasteiger partial charge >= 0.3 is 6.09 Å². The molecule has 1 amide bonds. The number of nitrogens with one attached hydrogen (secondary N) is 3. The molecule has 0 bridgehead atoms. The number of para-hydroxylation sites is 1. The minimum atomic E-state index is -0.955. The smallest absolute Gasteiger partial charge is 0.404 e. The summed E-state index contributed by atoms with van der Waals surface area (Å²) >= 11 is 5.19. The van der Waals surface area contributed by atoms with Gasteiger partial charge in [0, 0.05) is 18.8 Å². The molecule has 20 heavy (non-hydrogen) atoms. The van der Waals surface area contributed by atoms with Crippen LogP contribution in [-0.2, 0) is 0 Å². The first kappa shape index (κ1) is 16.2. The third-order valence-corrected chi connectivity index (χ3v) is 2.94. The van der Waals surface area contributed by atoms with Gasteiger partial charge in [-0.2, -0.15) is 0 Å². The van der Waals surface area contributed by atoms with Gasteiger partial charge in [0.15, 0.2) is 5.11 Å². The quantitative estimate of drug-likeness (QED) is 0.438. The van der Waals surface area contributed by atoms with E-state index in [0.717, 1.165) is 37.9 Å². The van der Waals surface area contributed by atoms with E-state index in [1.165, 1.54) is 0 Å². The fraction of sp³-hybridized carbons (Fsp3) is 0.429. The van der Waals surface area contributed by atoms with Crippen molar-refractivity contribution in [1.82, 2.24) is 10.6 Å². The molecule has 110 valence electrons. The van der Waals surface area contributed by atoms with E-state index < -0.39 is 6.09 Å². The molecule has 0 aliphatic rings. The predicted molar refractivity (Wildman–Crippen MR) is 85.2 cm³/mol. The molecule has 0 unspecified atom stereocenters. The number of hydrogen-bond donors (Lipinski definition) is 4. The van der Waals surface area contributed by atoms with Gasteiger partial charge in [-0.1, -0.05) is 31.0 Å². The van der Waals surface area contributed by atoms with Gasteiger partial charge in [-0.3, -0.25) is 0 Å². The number of carbonyl (C=O) groups is 1. The summed E-state index contributed by atoms with van der Waals surface area (Å²) in [6.45, 7) is 1.35. The van der Waals surface area contributed by atoms with Crippen LogP contribution in [0.2, 0.25) is 0 Å². The molecule has 0 aliphatic carbocycles. The van der Waals surface area contributed by atoms with Gasteiger partial charge in [0.2, 0.25) is 0 Å². The molecule has 1 aromatic carbocycles. The summed E-state index contributed by atoms with van der Waals surface area (Å²) in [6.07, 6.45) is 3.01.